The van der Waals surface area contributed by atoms with E-state index in [2.05, 4.69) is 0 Å². The summed E-state index contributed by atoms with van der Waals surface area (Å²) in [6.45, 7) is -0.772. The maximum absolute atomic E-state index is 11.8. The number of amides is 2. The lowest BCUT2D eigenvalue weighted by atomic mass is 10.1. The average molecular weight is 298 g/mol. The van der Waals surface area contributed by atoms with E-state index in [0.29, 0.717) is 0 Å². The SMILES string of the molecule is CN1C(=O)c2ccc(S(=O)(=O)NCC(=O)O)cc2C1=O. The highest BCUT2D eigenvalue weighted by molar-refractivity contribution is 7.89. The Hall–Kier alpha value is -2.26. The number of nitrogens with zero attached hydrogens (tertiary/aromatic N) is 1. The maximum Gasteiger partial charge on any atom is 0.318 e. The molecule has 2 rings (SSSR count). The number of rotatable bonds is 4. The molecule has 0 saturated carbocycles. The monoisotopic (exact) mass is 298 g/mol. The number of carbonyl (C=O) groups excluding carboxylic acids is 2. The summed E-state index contributed by atoms with van der Waals surface area (Å²) in [4.78, 5) is 34.4. The summed E-state index contributed by atoms with van der Waals surface area (Å²) in [5.41, 5.74) is 0.102. The number of hydrogen-bond acceptors (Lipinski definition) is 5. The van der Waals surface area contributed by atoms with Crippen LogP contribution in [0.2, 0.25) is 0 Å². The Labute approximate surface area is 114 Å². The number of imide groups is 1. The number of hydrogen-bond donors (Lipinski definition) is 2. The second-order valence-corrected chi connectivity index (χ2v) is 5.86. The molecule has 0 bridgehead atoms. The molecule has 1 aromatic rings. The summed E-state index contributed by atoms with van der Waals surface area (Å²) < 4.78 is 25.5. The fraction of sp³-hybridized carbons (Fsp3) is 0.182. The first kappa shape index (κ1) is 14.2. The summed E-state index contributed by atoms with van der Waals surface area (Å²) >= 11 is 0. The van der Waals surface area contributed by atoms with Crippen LogP contribution in [0.25, 0.3) is 0 Å². The summed E-state index contributed by atoms with van der Waals surface area (Å²) in [5.74, 6) is -2.44. The van der Waals surface area contributed by atoms with Gasteiger partial charge in [-0.15, -0.1) is 0 Å². The van der Waals surface area contributed by atoms with Crippen LogP contribution in [-0.2, 0) is 14.8 Å². The van der Waals surface area contributed by atoms with Crippen LogP contribution in [-0.4, -0.2) is 49.8 Å². The van der Waals surface area contributed by atoms with Gasteiger partial charge in [0, 0.05) is 7.05 Å². The van der Waals surface area contributed by atoms with E-state index in [1.165, 1.54) is 13.1 Å². The maximum atomic E-state index is 11.8. The molecule has 0 atom stereocenters. The lowest BCUT2D eigenvalue weighted by molar-refractivity contribution is -0.135. The number of nitrogens with one attached hydrogen (secondary N) is 1. The molecule has 0 spiro atoms. The van der Waals surface area contributed by atoms with Crippen molar-refractivity contribution < 1.29 is 27.9 Å². The lowest BCUT2D eigenvalue weighted by Crippen LogP contribution is -2.29. The van der Waals surface area contributed by atoms with Gasteiger partial charge in [0.1, 0.15) is 6.54 Å². The molecule has 2 amide bonds. The minimum atomic E-state index is -4.05. The van der Waals surface area contributed by atoms with Crippen LogP contribution in [0.1, 0.15) is 20.7 Å². The number of aliphatic carboxylic acids is 1. The first-order valence-corrected chi connectivity index (χ1v) is 6.90. The van der Waals surface area contributed by atoms with Gasteiger partial charge in [0.25, 0.3) is 11.8 Å². The molecular formula is C11H10N2O6S. The molecule has 8 nitrogen and oxygen atoms in total. The molecule has 20 heavy (non-hydrogen) atoms. The smallest absolute Gasteiger partial charge is 0.318 e. The van der Waals surface area contributed by atoms with Crippen LogP contribution in [0.4, 0.5) is 0 Å². The Morgan fingerprint density at radius 1 is 1.25 bits per heavy atom. The van der Waals surface area contributed by atoms with Gasteiger partial charge in [-0.3, -0.25) is 19.3 Å². The van der Waals surface area contributed by atoms with E-state index in [-0.39, 0.29) is 16.0 Å². The fourth-order valence-corrected chi connectivity index (χ4v) is 2.75. The number of fused-ring (bicyclic) bond motifs is 1. The Bertz CT molecular complexity index is 724. The van der Waals surface area contributed by atoms with Crippen molar-refractivity contribution in [1.82, 2.24) is 9.62 Å². The number of carboxylic acid groups (broad SMARTS) is 1. The van der Waals surface area contributed by atoms with Gasteiger partial charge in [-0.1, -0.05) is 0 Å². The van der Waals surface area contributed by atoms with E-state index in [1.807, 2.05) is 4.72 Å². The van der Waals surface area contributed by atoms with E-state index in [9.17, 15) is 22.8 Å². The third kappa shape index (κ3) is 2.28. The van der Waals surface area contributed by atoms with Gasteiger partial charge in [0.2, 0.25) is 10.0 Å². The van der Waals surface area contributed by atoms with Crippen molar-refractivity contribution in [3.63, 3.8) is 0 Å². The standard InChI is InChI=1S/C11H10N2O6S/c1-13-10(16)7-3-2-6(4-8(7)11(13)17)20(18,19)12-5-9(14)15/h2-4,12H,5H2,1H3,(H,14,15). The van der Waals surface area contributed by atoms with E-state index >= 15 is 0 Å². The predicted molar refractivity (Wildman–Crippen MR) is 65.7 cm³/mol. The Kier molecular flexibility index (Phi) is 3.32. The van der Waals surface area contributed by atoms with E-state index in [4.69, 9.17) is 5.11 Å². The fourth-order valence-electron chi connectivity index (χ4n) is 1.75. The summed E-state index contributed by atoms with van der Waals surface area (Å²) in [7, 11) is -2.76. The molecular weight excluding hydrogens is 288 g/mol. The zero-order chi connectivity index (χ0) is 15.1. The van der Waals surface area contributed by atoms with E-state index in [0.717, 1.165) is 17.0 Å². The first-order chi connectivity index (χ1) is 9.24. The largest absolute Gasteiger partial charge is 0.480 e. The number of carboxylic acids is 1. The van der Waals surface area contributed by atoms with E-state index < -0.39 is 34.4 Å². The van der Waals surface area contributed by atoms with E-state index in [1.54, 1.807) is 0 Å². The number of benzene rings is 1. The van der Waals surface area contributed by atoms with Gasteiger partial charge in [-0.2, -0.15) is 4.72 Å². The van der Waals surface area contributed by atoms with Crippen LogP contribution in [0.15, 0.2) is 23.1 Å². The second kappa shape index (κ2) is 4.69. The normalized spacial score (nSPS) is 14.6. The third-order valence-corrected chi connectivity index (χ3v) is 4.18. The molecule has 9 heteroatoms. The zero-order valence-corrected chi connectivity index (χ0v) is 11.1. The molecule has 0 saturated heterocycles. The van der Waals surface area contributed by atoms with Crippen molar-refractivity contribution in [2.24, 2.45) is 0 Å². The Morgan fingerprint density at radius 2 is 1.85 bits per heavy atom. The van der Waals surface area contributed by atoms with Crippen molar-refractivity contribution in [2.75, 3.05) is 13.6 Å². The second-order valence-electron chi connectivity index (χ2n) is 4.10. The minimum Gasteiger partial charge on any atom is -0.480 e. The highest BCUT2D eigenvalue weighted by Gasteiger charge is 2.33. The molecule has 1 aliphatic rings. The van der Waals surface area contributed by atoms with Crippen LogP contribution in [0.5, 0.6) is 0 Å². The summed E-state index contributed by atoms with van der Waals surface area (Å²) in [5, 5.41) is 8.46. The van der Waals surface area contributed by atoms with Crippen molar-refractivity contribution >= 4 is 27.8 Å². The molecule has 0 aliphatic carbocycles. The molecule has 0 unspecified atom stereocenters. The van der Waals surface area contributed by atoms with Crippen molar-refractivity contribution in [1.29, 1.82) is 0 Å². The zero-order valence-electron chi connectivity index (χ0n) is 10.3. The minimum absolute atomic E-state index is 0.0179. The molecule has 106 valence electrons. The van der Waals surface area contributed by atoms with Crippen LogP contribution in [0, 0.1) is 0 Å². The van der Waals surface area contributed by atoms with Gasteiger partial charge < -0.3 is 5.11 Å². The van der Waals surface area contributed by atoms with Gasteiger partial charge in [0.05, 0.1) is 16.0 Å². The lowest BCUT2D eigenvalue weighted by Gasteiger charge is -2.05. The Balaban J connectivity index is 2.41. The molecule has 0 radical (unpaired) electrons. The van der Waals surface area contributed by atoms with Gasteiger partial charge >= 0.3 is 5.97 Å². The summed E-state index contributed by atoms with van der Waals surface area (Å²) in [6.07, 6.45) is 0. The molecule has 0 fully saturated rings. The molecule has 1 aromatic carbocycles. The molecule has 1 aliphatic heterocycles. The average Bonchev–Trinajstić information content (AvgIpc) is 2.61. The number of carbonyl (C=O) groups is 3. The van der Waals surface area contributed by atoms with Crippen LogP contribution < -0.4 is 4.72 Å². The third-order valence-electron chi connectivity index (χ3n) is 2.78. The highest BCUT2D eigenvalue weighted by atomic mass is 32.2. The highest BCUT2D eigenvalue weighted by Crippen LogP contribution is 2.24. The molecule has 2 N–H and O–H groups in total. The van der Waals surface area contributed by atoms with Gasteiger partial charge in [-0.25, -0.2) is 8.42 Å². The van der Waals surface area contributed by atoms with Crippen molar-refractivity contribution in [2.45, 2.75) is 4.90 Å². The quantitative estimate of drug-likeness (QED) is 0.707. The predicted octanol–water partition coefficient (Wildman–Crippen LogP) is -0.725. The molecule has 0 aromatic heterocycles. The summed E-state index contributed by atoms with van der Waals surface area (Å²) in [6, 6.07) is 3.44. The Morgan fingerprint density at radius 3 is 2.45 bits per heavy atom. The molecule has 1 heterocycles. The number of sulfonamides is 1. The van der Waals surface area contributed by atoms with Gasteiger partial charge in [0.15, 0.2) is 0 Å². The van der Waals surface area contributed by atoms with Crippen LogP contribution >= 0.6 is 0 Å². The van der Waals surface area contributed by atoms with Crippen molar-refractivity contribution in [3.05, 3.63) is 29.3 Å². The first-order valence-electron chi connectivity index (χ1n) is 5.42. The van der Waals surface area contributed by atoms with Crippen LogP contribution in [0.3, 0.4) is 0 Å². The topological polar surface area (TPSA) is 121 Å². The van der Waals surface area contributed by atoms with Gasteiger partial charge in [-0.05, 0) is 18.2 Å². The van der Waals surface area contributed by atoms with Crippen molar-refractivity contribution in [3.8, 4) is 0 Å².